The Kier molecular flexibility index (Phi) is 8.65. The summed E-state index contributed by atoms with van der Waals surface area (Å²) >= 11 is 0. The van der Waals surface area contributed by atoms with Gasteiger partial charge in [0.2, 0.25) is 0 Å². The molecule has 2 aromatic rings. The summed E-state index contributed by atoms with van der Waals surface area (Å²) in [6.45, 7) is 2.50. The van der Waals surface area contributed by atoms with E-state index in [-0.39, 0.29) is 6.61 Å². The molecule has 1 N–H and O–H groups in total. The van der Waals surface area contributed by atoms with Crippen molar-refractivity contribution in [1.29, 1.82) is 0 Å². The summed E-state index contributed by atoms with van der Waals surface area (Å²) in [5, 5.41) is 9.71. The fourth-order valence-corrected chi connectivity index (χ4v) is 2.75. The van der Waals surface area contributed by atoms with Gasteiger partial charge in [0.05, 0.1) is 13.7 Å². The van der Waals surface area contributed by atoms with Crippen LogP contribution in [0.3, 0.4) is 0 Å². The van der Waals surface area contributed by atoms with Gasteiger partial charge >= 0.3 is 5.97 Å². The highest BCUT2D eigenvalue weighted by Gasteiger charge is 2.15. The van der Waals surface area contributed by atoms with E-state index >= 15 is 0 Å². The third-order valence-electron chi connectivity index (χ3n) is 4.22. The molecule has 2 aromatic carbocycles. The number of aliphatic hydroxyl groups is 1. The number of hydrogen-bond acceptors (Lipinski definition) is 5. The molecule has 0 fully saturated rings. The van der Waals surface area contributed by atoms with Gasteiger partial charge in [-0.15, -0.1) is 0 Å². The predicted octanol–water partition coefficient (Wildman–Crippen LogP) is 3.91. The molecule has 1 unspecified atom stereocenters. The predicted molar refractivity (Wildman–Crippen MR) is 104 cm³/mol. The molecule has 0 amide bonds. The Morgan fingerprint density at radius 2 is 1.81 bits per heavy atom. The first-order chi connectivity index (χ1) is 13.1. The first kappa shape index (κ1) is 20.8. The van der Waals surface area contributed by atoms with Crippen molar-refractivity contribution in [3.63, 3.8) is 0 Å². The lowest BCUT2D eigenvalue weighted by Crippen LogP contribution is -2.22. The molecule has 5 heteroatoms. The number of carbonyl (C=O) groups excluding carboxylic acids is 1. The van der Waals surface area contributed by atoms with Gasteiger partial charge in [-0.2, -0.15) is 0 Å². The van der Waals surface area contributed by atoms with Gasteiger partial charge in [-0.1, -0.05) is 36.4 Å². The van der Waals surface area contributed by atoms with Crippen LogP contribution in [0.4, 0.5) is 0 Å². The van der Waals surface area contributed by atoms with Gasteiger partial charge in [-0.3, -0.25) is 0 Å². The summed E-state index contributed by atoms with van der Waals surface area (Å²) in [7, 11) is 1.63. The maximum absolute atomic E-state index is 11.4. The quantitative estimate of drug-likeness (QED) is 0.478. The smallest absolute Gasteiger partial charge is 0.334 e. The number of hydrogen-bond donors (Lipinski definition) is 1. The zero-order valence-electron chi connectivity index (χ0n) is 16.0. The lowest BCUT2D eigenvalue weighted by molar-refractivity contribution is -0.153. The molecule has 0 spiro atoms. The van der Waals surface area contributed by atoms with Gasteiger partial charge < -0.3 is 19.3 Å². The number of esters is 1. The van der Waals surface area contributed by atoms with Crippen LogP contribution >= 0.6 is 0 Å². The Morgan fingerprint density at radius 3 is 2.52 bits per heavy atom. The summed E-state index contributed by atoms with van der Waals surface area (Å²) < 4.78 is 16.1. The van der Waals surface area contributed by atoms with Crippen LogP contribution in [0.5, 0.6) is 11.5 Å². The van der Waals surface area contributed by atoms with Gasteiger partial charge in [-0.25, -0.2) is 4.79 Å². The third-order valence-corrected chi connectivity index (χ3v) is 4.22. The Bertz CT molecular complexity index is 699. The molecule has 0 aliphatic heterocycles. The fraction of sp³-hybridized carbons (Fsp3) is 0.409. The Hall–Kier alpha value is -2.53. The molecule has 2 rings (SSSR count). The SMILES string of the molecule is CCOC(=O)C(O)CCCCc1ccc(OCc2ccccc2)c(OC)c1. The molecule has 0 heterocycles. The number of ether oxygens (including phenoxy) is 3. The van der Waals surface area contributed by atoms with E-state index in [9.17, 15) is 9.90 Å². The molecule has 5 nitrogen and oxygen atoms in total. The maximum Gasteiger partial charge on any atom is 0.334 e. The van der Waals surface area contributed by atoms with Crippen LogP contribution in [0.2, 0.25) is 0 Å². The average molecular weight is 372 g/mol. The van der Waals surface area contributed by atoms with Gasteiger partial charge in [0, 0.05) is 0 Å². The molecule has 0 saturated heterocycles. The summed E-state index contributed by atoms with van der Waals surface area (Å²) in [4.78, 5) is 11.4. The molecule has 146 valence electrons. The molecule has 0 aliphatic rings. The van der Waals surface area contributed by atoms with Crippen LogP contribution in [-0.4, -0.2) is 30.9 Å². The Labute approximate surface area is 160 Å². The van der Waals surface area contributed by atoms with Crippen LogP contribution in [0, 0.1) is 0 Å². The van der Waals surface area contributed by atoms with Crippen LogP contribution in [0.1, 0.15) is 37.3 Å². The largest absolute Gasteiger partial charge is 0.493 e. The van der Waals surface area contributed by atoms with Crippen molar-refractivity contribution in [3.05, 3.63) is 59.7 Å². The van der Waals surface area contributed by atoms with Crippen molar-refractivity contribution < 1.29 is 24.1 Å². The van der Waals surface area contributed by atoms with Crippen molar-refractivity contribution in [2.45, 2.75) is 45.3 Å². The molecule has 0 bridgehead atoms. The van der Waals surface area contributed by atoms with Crippen molar-refractivity contribution in [1.82, 2.24) is 0 Å². The Balaban J connectivity index is 1.81. The Morgan fingerprint density at radius 1 is 1.04 bits per heavy atom. The number of rotatable bonds is 11. The fourth-order valence-electron chi connectivity index (χ4n) is 2.75. The highest BCUT2D eigenvalue weighted by Crippen LogP contribution is 2.29. The van der Waals surface area contributed by atoms with Crippen molar-refractivity contribution >= 4 is 5.97 Å². The standard InChI is InChI=1S/C22H28O5/c1-3-26-22(24)19(23)12-8-7-9-17-13-14-20(21(15-17)25-2)27-16-18-10-5-4-6-11-18/h4-6,10-11,13-15,19,23H,3,7-9,12,16H2,1-2H3. The molecular weight excluding hydrogens is 344 g/mol. The molecule has 0 aromatic heterocycles. The number of aryl methyl sites for hydroxylation is 1. The molecule has 0 aliphatic carbocycles. The molecular formula is C22H28O5. The number of methoxy groups -OCH3 is 1. The average Bonchev–Trinajstić information content (AvgIpc) is 2.70. The van der Waals surface area contributed by atoms with E-state index in [1.54, 1.807) is 14.0 Å². The summed E-state index contributed by atoms with van der Waals surface area (Å²) in [5.74, 6) is 0.872. The molecule has 1 atom stereocenters. The second-order valence-corrected chi connectivity index (χ2v) is 6.27. The molecule has 0 saturated carbocycles. The number of benzene rings is 2. The minimum atomic E-state index is -1.03. The summed E-state index contributed by atoms with van der Waals surface area (Å²) in [6.07, 6.45) is 1.82. The van der Waals surface area contributed by atoms with E-state index in [1.807, 2.05) is 48.5 Å². The van der Waals surface area contributed by atoms with Crippen LogP contribution < -0.4 is 9.47 Å². The van der Waals surface area contributed by atoms with E-state index in [1.165, 1.54) is 0 Å². The van der Waals surface area contributed by atoms with E-state index in [2.05, 4.69) is 0 Å². The summed E-state index contributed by atoms with van der Waals surface area (Å²) in [5.41, 5.74) is 2.23. The van der Waals surface area contributed by atoms with Gasteiger partial charge in [-0.05, 0) is 55.9 Å². The normalized spacial score (nSPS) is 11.7. The lowest BCUT2D eigenvalue weighted by atomic mass is 10.0. The van der Waals surface area contributed by atoms with Crippen LogP contribution in [0.15, 0.2) is 48.5 Å². The topological polar surface area (TPSA) is 65.0 Å². The minimum Gasteiger partial charge on any atom is -0.493 e. The highest BCUT2D eigenvalue weighted by molar-refractivity contribution is 5.74. The second kappa shape index (κ2) is 11.2. The zero-order valence-corrected chi connectivity index (χ0v) is 16.0. The van der Waals surface area contributed by atoms with Crippen molar-refractivity contribution in [2.24, 2.45) is 0 Å². The first-order valence-electron chi connectivity index (χ1n) is 9.32. The zero-order chi connectivity index (χ0) is 19.5. The highest BCUT2D eigenvalue weighted by atomic mass is 16.5. The first-order valence-corrected chi connectivity index (χ1v) is 9.32. The third kappa shape index (κ3) is 6.94. The van der Waals surface area contributed by atoms with Gasteiger partial charge in [0.25, 0.3) is 0 Å². The molecule has 27 heavy (non-hydrogen) atoms. The van der Waals surface area contributed by atoms with E-state index in [0.717, 1.165) is 30.4 Å². The van der Waals surface area contributed by atoms with E-state index < -0.39 is 12.1 Å². The monoisotopic (exact) mass is 372 g/mol. The van der Waals surface area contributed by atoms with Crippen LogP contribution in [0.25, 0.3) is 0 Å². The van der Waals surface area contributed by atoms with E-state index in [4.69, 9.17) is 14.2 Å². The number of aliphatic hydroxyl groups excluding tert-OH is 1. The molecule has 0 radical (unpaired) electrons. The van der Waals surface area contributed by atoms with Crippen molar-refractivity contribution in [2.75, 3.05) is 13.7 Å². The maximum atomic E-state index is 11.4. The lowest BCUT2D eigenvalue weighted by Gasteiger charge is -2.13. The van der Waals surface area contributed by atoms with Gasteiger partial charge in [0.1, 0.15) is 6.61 Å². The summed E-state index contributed by atoms with van der Waals surface area (Å²) in [6, 6.07) is 15.9. The van der Waals surface area contributed by atoms with Crippen LogP contribution in [-0.2, 0) is 22.6 Å². The van der Waals surface area contributed by atoms with Crippen molar-refractivity contribution in [3.8, 4) is 11.5 Å². The second-order valence-electron chi connectivity index (χ2n) is 6.27. The van der Waals surface area contributed by atoms with E-state index in [0.29, 0.717) is 24.5 Å². The number of carbonyl (C=O) groups is 1. The number of unbranched alkanes of at least 4 members (excludes halogenated alkanes) is 1. The minimum absolute atomic E-state index is 0.286. The van der Waals surface area contributed by atoms with Gasteiger partial charge in [0.15, 0.2) is 17.6 Å².